The Hall–Kier alpha value is -4.08. The van der Waals surface area contributed by atoms with E-state index in [1.807, 2.05) is 42.5 Å². The zero-order valence-corrected chi connectivity index (χ0v) is 22.1. The molecule has 3 aromatic carbocycles. The van der Waals surface area contributed by atoms with Crippen LogP contribution in [0.25, 0.3) is 0 Å². The molecule has 9 nitrogen and oxygen atoms in total. The van der Waals surface area contributed by atoms with Crippen LogP contribution in [0.3, 0.4) is 0 Å². The summed E-state index contributed by atoms with van der Waals surface area (Å²) in [5, 5.41) is 15.8. The molecule has 2 aliphatic rings. The van der Waals surface area contributed by atoms with Gasteiger partial charge >= 0.3 is 12.2 Å². The zero-order valence-electron chi connectivity index (χ0n) is 21.4. The molecule has 5 rings (SSSR count). The smallest absolute Gasteiger partial charge is 0.412 e. The number of anilines is 2. The molecule has 3 N–H and O–H groups in total. The molecule has 1 spiro atoms. The van der Waals surface area contributed by atoms with E-state index in [9.17, 15) is 19.5 Å². The molecule has 2 aliphatic heterocycles. The summed E-state index contributed by atoms with van der Waals surface area (Å²) < 4.78 is 5.80. The Labute approximate surface area is 231 Å². The second kappa shape index (κ2) is 11.0. The van der Waals surface area contributed by atoms with Crippen LogP contribution in [0.2, 0.25) is 5.02 Å². The van der Waals surface area contributed by atoms with Crippen LogP contribution in [0.5, 0.6) is 0 Å². The number of carbonyl (C=O) groups excluding carboxylic acids is 2. The maximum Gasteiger partial charge on any atom is 0.412 e. The predicted octanol–water partition coefficient (Wildman–Crippen LogP) is 4.85. The molecule has 0 radical (unpaired) electrons. The van der Waals surface area contributed by atoms with Gasteiger partial charge in [0.05, 0.1) is 18.3 Å². The lowest BCUT2D eigenvalue weighted by Gasteiger charge is -2.35. The summed E-state index contributed by atoms with van der Waals surface area (Å²) in [4.78, 5) is 40.4. The van der Waals surface area contributed by atoms with Gasteiger partial charge in [0.1, 0.15) is 0 Å². The number of fused-ring (bicyclic) bond motifs is 2. The summed E-state index contributed by atoms with van der Waals surface area (Å²) in [5.74, 6) is -0.0869. The Morgan fingerprint density at radius 3 is 2.59 bits per heavy atom. The topological polar surface area (TPSA) is 111 Å². The van der Waals surface area contributed by atoms with Crippen molar-refractivity contribution >= 4 is 41.1 Å². The van der Waals surface area contributed by atoms with Crippen molar-refractivity contribution < 1.29 is 24.2 Å². The van der Waals surface area contributed by atoms with Gasteiger partial charge in [0.2, 0.25) is 5.91 Å². The first-order valence-corrected chi connectivity index (χ1v) is 13.0. The number of hydrogen-bond acceptors (Lipinski definition) is 5. The fraction of sp³-hybridized carbons (Fsp3) is 0.276. The van der Waals surface area contributed by atoms with E-state index in [1.54, 1.807) is 35.2 Å². The molecule has 1 saturated heterocycles. The molecule has 2 heterocycles. The number of likely N-dealkylation sites (tertiary alicyclic amines) is 1. The van der Waals surface area contributed by atoms with Gasteiger partial charge in [-0.15, -0.1) is 0 Å². The molecule has 0 aliphatic carbocycles. The number of nitrogens with one attached hydrogen (secondary N) is 2. The van der Waals surface area contributed by atoms with Crippen LogP contribution in [0.4, 0.5) is 21.0 Å². The monoisotopic (exact) mass is 548 g/mol. The molecule has 0 bridgehead atoms. The first kappa shape index (κ1) is 26.5. The highest BCUT2D eigenvalue weighted by molar-refractivity contribution is 6.30. The average molecular weight is 549 g/mol. The van der Waals surface area contributed by atoms with E-state index in [0.29, 0.717) is 42.3 Å². The maximum absolute atomic E-state index is 13.9. The highest BCUT2D eigenvalue weighted by Crippen LogP contribution is 2.43. The van der Waals surface area contributed by atoms with E-state index in [1.165, 1.54) is 7.05 Å². The van der Waals surface area contributed by atoms with Gasteiger partial charge in [-0.25, -0.2) is 9.59 Å². The van der Waals surface area contributed by atoms with Gasteiger partial charge in [0, 0.05) is 42.8 Å². The molecule has 3 amide bonds. The molecular formula is C29H29ClN4O5. The molecule has 202 valence electrons. The Kier molecular flexibility index (Phi) is 7.45. The lowest BCUT2D eigenvalue weighted by atomic mass is 9.90. The fourth-order valence-electron chi connectivity index (χ4n) is 5.15. The van der Waals surface area contributed by atoms with E-state index >= 15 is 0 Å². The molecule has 3 aromatic rings. The number of carbonyl (C=O) groups is 3. The number of nitrogens with zero attached hydrogens (tertiary/aromatic N) is 2. The minimum Gasteiger partial charge on any atom is -0.465 e. The van der Waals surface area contributed by atoms with Crippen molar-refractivity contribution in [2.24, 2.45) is 0 Å². The largest absolute Gasteiger partial charge is 0.465 e. The third-order valence-electron chi connectivity index (χ3n) is 7.28. The zero-order chi connectivity index (χ0) is 27.6. The molecule has 0 aromatic heterocycles. The highest BCUT2D eigenvalue weighted by atomic mass is 35.5. The Bertz CT molecular complexity index is 1380. The number of hydrogen-bond donors (Lipinski definition) is 3. The molecule has 0 saturated carbocycles. The second-order valence-corrected chi connectivity index (χ2v) is 10.3. The van der Waals surface area contributed by atoms with Gasteiger partial charge in [-0.3, -0.25) is 15.0 Å². The van der Waals surface area contributed by atoms with E-state index in [-0.39, 0.29) is 12.5 Å². The van der Waals surface area contributed by atoms with Gasteiger partial charge in [-0.05, 0) is 47.9 Å². The highest BCUT2D eigenvalue weighted by Gasteiger charge is 2.49. The standard InChI is InChI=1S/C29H29ClN4O5/c1-33(28(37)38)22-10-7-20(8-11-22)17-31-25(15-19-5-3-2-4-6-19)26(35)34-14-13-29(18-34)23-16-21(30)9-12-24(23)32-27(36)39-29/h2-12,16,25,31H,13-15,17-18H2,1H3,(H,32,36)(H,37,38)/t25-,29-/m0/s1. The summed E-state index contributed by atoms with van der Waals surface area (Å²) in [6.07, 6.45) is -0.639. The first-order valence-electron chi connectivity index (χ1n) is 12.7. The number of rotatable bonds is 7. The van der Waals surface area contributed by atoms with Crippen molar-refractivity contribution in [3.63, 3.8) is 0 Å². The number of ether oxygens (including phenoxy) is 1. The SMILES string of the molecule is CN(C(=O)O)c1ccc(CN[C@@H](Cc2ccccc2)C(=O)N2CC[C@@]3(C2)OC(=O)Nc2ccc(Cl)cc23)cc1. The van der Waals surface area contributed by atoms with E-state index < -0.39 is 23.8 Å². The summed E-state index contributed by atoms with van der Waals surface area (Å²) in [6, 6.07) is 21.6. The number of amides is 3. The van der Waals surface area contributed by atoms with Gasteiger partial charge in [0.25, 0.3) is 0 Å². The van der Waals surface area contributed by atoms with Crippen LogP contribution in [0.1, 0.15) is 23.1 Å². The van der Waals surface area contributed by atoms with Crippen molar-refractivity contribution in [3.05, 3.63) is 94.5 Å². The van der Waals surface area contributed by atoms with E-state index in [2.05, 4.69) is 10.6 Å². The van der Waals surface area contributed by atoms with Gasteiger partial charge in [-0.2, -0.15) is 0 Å². The van der Waals surface area contributed by atoms with Crippen LogP contribution in [0, 0.1) is 0 Å². The fourth-order valence-corrected chi connectivity index (χ4v) is 5.32. The number of halogens is 1. The Morgan fingerprint density at radius 1 is 1.13 bits per heavy atom. The van der Waals surface area contributed by atoms with Crippen molar-refractivity contribution in [2.75, 3.05) is 30.4 Å². The van der Waals surface area contributed by atoms with E-state index in [4.69, 9.17) is 16.3 Å². The summed E-state index contributed by atoms with van der Waals surface area (Å²) in [7, 11) is 1.49. The lowest BCUT2D eigenvalue weighted by Crippen LogP contribution is -2.49. The Morgan fingerprint density at radius 2 is 1.87 bits per heavy atom. The third-order valence-corrected chi connectivity index (χ3v) is 7.52. The van der Waals surface area contributed by atoms with E-state index in [0.717, 1.165) is 21.6 Å². The second-order valence-electron chi connectivity index (χ2n) is 9.84. The molecule has 2 atom stereocenters. The number of benzene rings is 3. The van der Waals surface area contributed by atoms with Crippen LogP contribution in [-0.2, 0) is 28.1 Å². The van der Waals surface area contributed by atoms with Crippen molar-refractivity contribution in [1.82, 2.24) is 10.2 Å². The number of carboxylic acid groups (broad SMARTS) is 1. The minimum absolute atomic E-state index is 0.0869. The van der Waals surface area contributed by atoms with Crippen molar-refractivity contribution in [1.29, 1.82) is 0 Å². The van der Waals surface area contributed by atoms with Crippen LogP contribution >= 0.6 is 11.6 Å². The Balaban J connectivity index is 1.34. The molecule has 10 heteroatoms. The third kappa shape index (κ3) is 5.69. The summed E-state index contributed by atoms with van der Waals surface area (Å²) in [5.41, 5.74) is 2.94. The van der Waals surface area contributed by atoms with Gasteiger partial charge in [0.15, 0.2) is 5.60 Å². The molecule has 0 unspecified atom stereocenters. The lowest BCUT2D eigenvalue weighted by molar-refractivity contribution is -0.133. The quantitative estimate of drug-likeness (QED) is 0.389. The normalized spacial score (nSPS) is 18.7. The summed E-state index contributed by atoms with van der Waals surface area (Å²) >= 11 is 6.27. The summed E-state index contributed by atoms with van der Waals surface area (Å²) in [6.45, 7) is 1.08. The molecule has 39 heavy (non-hydrogen) atoms. The van der Waals surface area contributed by atoms with Gasteiger partial charge in [-0.1, -0.05) is 54.1 Å². The molecular weight excluding hydrogens is 520 g/mol. The van der Waals surface area contributed by atoms with Crippen LogP contribution < -0.4 is 15.5 Å². The predicted molar refractivity (Wildman–Crippen MR) is 148 cm³/mol. The van der Waals surface area contributed by atoms with Crippen LogP contribution in [0.15, 0.2) is 72.8 Å². The molecule has 1 fully saturated rings. The van der Waals surface area contributed by atoms with Gasteiger partial charge < -0.3 is 20.1 Å². The van der Waals surface area contributed by atoms with Crippen molar-refractivity contribution in [2.45, 2.75) is 31.0 Å². The van der Waals surface area contributed by atoms with Crippen molar-refractivity contribution in [3.8, 4) is 0 Å². The van der Waals surface area contributed by atoms with Crippen LogP contribution in [-0.4, -0.2) is 54.3 Å². The first-order chi connectivity index (χ1) is 18.7. The minimum atomic E-state index is -1.04. The average Bonchev–Trinajstić information content (AvgIpc) is 3.35. The maximum atomic E-state index is 13.9.